The van der Waals surface area contributed by atoms with E-state index in [2.05, 4.69) is 26.8 Å². The number of benzene rings is 1. The van der Waals surface area contributed by atoms with E-state index in [1.165, 1.54) is 19.4 Å². The number of pyridine rings is 1. The molecule has 188 valence electrons. The van der Waals surface area contributed by atoms with Crippen molar-refractivity contribution in [3.05, 3.63) is 54.0 Å². The average molecular weight is 492 g/mol. The van der Waals surface area contributed by atoms with E-state index in [4.69, 9.17) is 9.72 Å². The lowest BCUT2D eigenvalue weighted by atomic mass is 10.0. The molecule has 2 aliphatic heterocycles. The number of aromatic nitrogens is 4. The summed E-state index contributed by atoms with van der Waals surface area (Å²) in [5, 5.41) is 17.5. The lowest BCUT2D eigenvalue weighted by molar-refractivity contribution is -0.577. The fourth-order valence-electron chi connectivity index (χ4n) is 5.54. The first-order valence-corrected chi connectivity index (χ1v) is 12.4. The maximum Gasteiger partial charge on any atom is 0.227 e. The first-order chi connectivity index (χ1) is 17.5. The van der Waals surface area contributed by atoms with Crippen molar-refractivity contribution in [3.63, 3.8) is 0 Å². The number of rotatable bonds is 4. The zero-order chi connectivity index (χ0) is 24.8. The van der Waals surface area contributed by atoms with Crippen molar-refractivity contribution in [1.82, 2.24) is 24.4 Å². The zero-order valence-electron chi connectivity index (χ0n) is 20.6. The summed E-state index contributed by atoms with van der Waals surface area (Å²) >= 11 is 0. The quantitative estimate of drug-likeness (QED) is 0.321. The van der Waals surface area contributed by atoms with E-state index in [1.807, 2.05) is 12.4 Å². The highest BCUT2D eigenvalue weighted by Gasteiger charge is 2.27. The van der Waals surface area contributed by atoms with Crippen LogP contribution in [0.25, 0.3) is 27.7 Å². The monoisotopic (exact) mass is 491 g/mol. The van der Waals surface area contributed by atoms with Crippen molar-refractivity contribution in [1.29, 1.82) is 0 Å². The van der Waals surface area contributed by atoms with Gasteiger partial charge in [0.2, 0.25) is 5.52 Å². The topological polar surface area (TPSA) is 76.1 Å². The number of piperidine rings is 1. The summed E-state index contributed by atoms with van der Waals surface area (Å²) in [5.41, 5.74) is 3.48. The van der Waals surface area contributed by atoms with Crippen LogP contribution in [-0.4, -0.2) is 83.9 Å². The molecule has 2 fully saturated rings. The van der Waals surface area contributed by atoms with Gasteiger partial charge in [-0.15, -0.1) is 0 Å². The number of methoxy groups -OCH3 is 1. The van der Waals surface area contributed by atoms with Crippen LogP contribution >= 0.6 is 0 Å². The van der Waals surface area contributed by atoms with Crippen LogP contribution in [0.5, 0.6) is 5.75 Å². The molecule has 1 aromatic carbocycles. The molecule has 36 heavy (non-hydrogen) atoms. The number of anilines is 1. The molecule has 5 heterocycles. The molecule has 6 rings (SSSR count). The molecule has 0 unspecified atom stereocenters. The van der Waals surface area contributed by atoms with Crippen LogP contribution in [0.3, 0.4) is 0 Å². The highest BCUT2D eigenvalue weighted by Crippen LogP contribution is 2.33. The number of piperazine rings is 1. The summed E-state index contributed by atoms with van der Waals surface area (Å²) in [6, 6.07) is 5.12. The van der Waals surface area contributed by atoms with Gasteiger partial charge in [0.25, 0.3) is 0 Å². The predicted octanol–water partition coefficient (Wildman–Crippen LogP) is 2.55. The maximum atomic E-state index is 14.3. The van der Waals surface area contributed by atoms with Gasteiger partial charge in [-0.1, -0.05) is 0 Å². The van der Waals surface area contributed by atoms with Crippen molar-refractivity contribution in [2.75, 3.05) is 58.3 Å². The third kappa shape index (κ3) is 4.00. The van der Waals surface area contributed by atoms with Crippen molar-refractivity contribution < 1.29 is 13.9 Å². The SMILES string of the molecule is COc1cc2c(-c3cnn4cc(N5CCC(N6CCN(C)CC6)CC5)cnc34)cc[n+]([O-])c2cc1F. The van der Waals surface area contributed by atoms with E-state index in [9.17, 15) is 9.60 Å². The molecule has 0 aliphatic carbocycles. The Bertz CT molecular complexity index is 1410. The largest absolute Gasteiger partial charge is 0.618 e. The number of ether oxygens (including phenoxy) is 1. The Balaban J connectivity index is 1.26. The summed E-state index contributed by atoms with van der Waals surface area (Å²) in [7, 11) is 3.60. The minimum Gasteiger partial charge on any atom is -0.618 e. The molecule has 0 atom stereocenters. The minimum absolute atomic E-state index is 0.0849. The Kier molecular flexibility index (Phi) is 5.85. The molecule has 0 saturated carbocycles. The van der Waals surface area contributed by atoms with Gasteiger partial charge < -0.3 is 19.7 Å². The fraction of sp³-hybridized carbons (Fsp3) is 0.423. The lowest BCUT2D eigenvalue weighted by Gasteiger charge is -2.42. The van der Waals surface area contributed by atoms with Crippen LogP contribution in [0.2, 0.25) is 0 Å². The third-order valence-electron chi connectivity index (χ3n) is 7.69. The average Bonchev–Trinajstić information content (AvgIpc) is 3.32. The molecule has 3 aromatic heterocycles. The first kappa shape index (κ1) is 22.9. The van der Waals surface area contributed by atoms with Crippen molar-refractivity contribution in [2.45, 2.75) is 18.9 Å². The molecule has 10 heteroatoms. The second kappa shape index (κ2) is 9.18. The standard InChI is InChI=1S/C26H30FN7O2/c1-30-9-11-32(12-10-30)18-3-6-31(7-4-18)19-15-28-26-22(16-29-33(26)17-19)20-5-8-34(35)24-14-23(27)25(36-2)13-21(20)24/h5,8,13-18H,3-4,6-7,9-12H2,1-2H3. The predicted molar refractivity (Wildman–Crippen MR) is 136 cm³/mol. The number of fused-ring (bicyclic) bond motifs is 2. The number of hydrogen-bond donors (Lipinski definition) is 0. The van der Waals surface area contributed by atoms with Gasteiger partial charge in [0, 0.05) is 62.5 Å². The smallest absolute Gasteiger partial charge is 0.227 e. The van der Waals surface area contributed by atoms with Gasteiger partial charge in [-0.05, 0) is 26.0 Å². The fourth-order valence-corrected chi connectivity index (χ4v) is 5.54. The van der Waals surface area contributed by atoms with Gasteiger partial charge in [-0.2, -0.15) is 9.83 Å². The Morgan fingerprint density at radius 1 is 1.06 bits per heavy atom. The van der Waals surface area contributed by atoms with Crippen molar-refractivity contribution in [2.24, 2.45) is 0 Å². The van der Waals surface area contributed by atoms with Crippen LogP contribution in [0.15, 0.2) is 43.0 Å². The molecular weight excluding hydrogens is 461 g/mol. The van der Waals surface area contributed by atoms with Crippen LogP contribution in [0, 0.1) is 11.0 Å². The van der Waals surface area contributed by atoms with Gasteiger partial charge in [-0.25, -0.2) is 13.9 Å². The summed E-state index contributed by atoms with van der Waals surface area (Å²) in [6.45, 7) is 6.60. The maximum absolute atomic E-state index is 14.3. The molecule has 0 spiro atoms. The Morgan fingerprint density at radius 3 is 2.58 bits per heavy atom. The van der Waals surface area contributed by atoms with Crippen LogP contribution in [-0.2, 0) is 0 Å². The van der Waals surface area contributed by atoms with Crippen molar-refractivity contribution >= 4 is 22.2 Å². The summed E-state index contributed by atoms with van der Waals surface area (Å²) in [4.78, 5) is 12.2. The van der Waals surface area contributed by atoms with Crippen LogP contribution in [0.1, 0.15) is 12.8 Å². The summed E-state index contributed by atoms with van der Waals surface area (Å²) < 4.78 is 21.9. The molecule has 4 aromatic rings. The van der Waals surface area contributed by atoms with Gasteiger partial charge >= 0.3 is 0 Å². The normalized spacial score (nSPS) is 18.4. The molecular formula is C26H30FN7O2. The number of nitrogens with zero attached hydrogens (tertiary/aromatic N) is 7. The molecule has 0 N–H and O–H groups in total. The number of hydrogen-bond acceptors (Lipinski definition) is 7. The lowest BCUT2D eigenvalue weighted by Crippen LogP contribution is -2.52. The zero-order valence-corrected chi connectivity index (χ0v) is 20.6. The molecule has 0 radical (unpaired) electrons. The van der Waals surface area contributed by atoms with Gasteiger partial charge in [0.1, 0.15) is 0 Å². The van der Waals surface area contributed by atoms with E-state index < -0.39 is 5.82 Å². The Labute approximate surface area is 208 Å². The Hall–Kier alpha value is -3.50. The van der Waals surface area contributed by atoms with Crippen LogP contribution < -0.4 is 14.4 Å². The van der Waals surface area contributed by atoms with Crippen LogP contribution in [0.4, 0.5) is 10.1 Å². The second-order valence-electron chi connectivity index (χ2n) is 9.76. The number of halogens is 1. The van der Waals surface area contributed by atoms with E-state index in [0.29, 0.717) is 21.8 Å². The highest BCUT2D eigenvalue weighted by atomic mass is 19.1. The van der Waals surface area contributed by atoms with Crippen molar-refractivity contribution in [3.8, 4) is 16.9 Å². The Morgan fingerprint density at radius 2 is 1.83 bits per heavy atom. The van der Waals surface area contributed by atoms with Gasteiger partial charge in [0.15, 0.2) is 23.4 Å². The first-order valence-electron chi connectivity index (χ1n) is 12.4. The molecule has 2 aliphatic rings. The molecule has 9 nitrogen and oxygen atoms in total. The van der Waals surface area contributed by atoms with Gasteiger partial charge in [0.05, 0.1) is 42.8 Å². The molecule has 0 amide bonds. The third-order valence-corrected chi connectivity index (χ3v) is 7.69. The number of likely N-dealkylation sites (N-methyl/N-ethyl adjacent to an activating group) is 1. The van der Waals surface area contributed by atoms with E-state index in [1.54, 1.807) is 22.8 Å². The van der Waals surface area contributed by atoms with E-state index in [-0.39, 0.29) is 11.3 Å². The molecule has 0 bridgehead atoms. The summed E-state index contributed by atoms with van der Waals surface area (Å²) in [6.07, 6.45) is 9.33. The van der Waals surface area contributed by atoms with Gasteiger partial charge in [-0.3, -0.25) is 4.90 Å². The summed E-state index contributed by atoms with van der Waals surface area (Å²) in [5.74, 6) is -0.493. The second-order valence-corrected chi connectivity index (χ2v) is 9.76. The molecule has 2 saturated heterocycles. The highest BCUT2D eigenvalue weighted by molar-refractivity contribution is 5.97. The van der Waals surface area contributed by atoms with E-state index >= 15 is 0 Å². The minimum atomic E-state index is -0.578. The van der Waals surface area contributed by atoms with E-state index in [0.717, 1.165) is 68.9 Å².